The van der Waals surface area contributed by atoms with Crippen LogP contribution in [-0.2, 0) is 0 Å². The van der Waals surface area contributed by atoms with E-state index < -0.39 is 0 Å². The molecule has 1 aromatic carbocycles. The average molecular weight is 306 g/mol. The number of rotatable bonds is 4. The van der Waals surface area contributed by atoms with Crippen LogP contribution in [0.5, 0.6) is 0 Å². The van der Waals surface area contributed by atoms with E-state index >= 15 is 0 Å². The maximum absolute atomic E-state index is 5.71. The fraction of sp³-hybridized carbons (Fsp3) is 0.375. The molecular formula is C16H22N2S2. The highest BCUT2D eigenvalue weighted by molar-refractivity contribution is 8.03. The monoisotopic (exact) mass is 306 g/mol. The summed E-state index contributed by atoms with van der Waals surface area (Å²) in [7, 11) is 0. The van der Waals surface area contributed by atoms with Crippen LogP contribution in [0.2, 0.25) is 0 Å². The predicted molar refractivity (Wildman–Crippen MR) is 93.6 cm³/mol. The smallest absolute Gasteiger partial charge is 0.0585 e. The number of nitrogens with two attached hydrogens (primary N) is 1. The number of thioether (sulfide) groups is 1. The van der Waals surface area contributed by atoms with E-state index in [0.29, 0.717) is 6.54 Å². The van der Waals surface area contributed by atoms with Gasteiger partial charge in [0.25, 0.3) is 0 Å². The maximum Gasteiger partial charge on any atom is 0.0585 e. The lowest BCUT2D eigenvalue weighted by atomic mass is 10.1. The van der Waals surface area contributed by atoms with Crippen LogP contribution in [0.25, 0.3) is 0 Å². The van der Waals surface area contributed by atoms with Gasteiger partial charge in [0.2, 0.25) is 0 Å². The molecule has 0 aromatic heterocycles. The van der Waals surface area contributed by atoms with Crippen molar-refractivity contribution in [2.24, 2.45) is 5.73 Å². The number of nitrogens with zero attached hydrogens (tertiary/aromatic N) is 1. The lowest BCUT2D eigenvalue weighted by molar-refractivity contribution is 0.791. The number of thiol groups is 1. The number of aryl methyl sites for hydroxylation is 1. The SMILES string of the molecule is CC1=C(/C=C\S)N(CCCN)c2c(ccc(C)c2C)S1. The second-order valence-electron chi connectivity index (χ2n) is 5.01. The number of hydrogen-bond acceptors (Lipinski definition) is 4. The van der Waals surface area contributed by atoms with Gasteiger partial charge in [0.05, 0.1) is 11.4 Å². The summed E-state index contributed by atoms with van der Waals surface area (Å²) in [6.07, 6.45) is 3.06. The van der Waals surface area contributed by atoms with E-state index in [0.717, 1.165) is 13.0 Å². The number of fused-ring (bicyclic) bond motifs is 1. The van der Waals surface area contributed by atoms with Crippen LogP contribution in [-0.4, -0.2) is 13.1 Å². The largest absolute Gasteiger partial charge is 0.340 e. The molecule has 1 heterocycles. The summed E-state index contributed by atoms with van der Waals surface area (Å²) >= 11 is 6.09. The van der Waals surface area contributed by atoms with Crippen molar-refractivity contribution in [1.82, 2.24) is 0 Å². The average Bonchev–Trinajstić information content (AvgIpc) is 2.43. The first-order valence-corrected chi connectivity index (χ1v) is 8.20. The van der Waals surface area contributed by atoms with Crippen LogP contribution < -0.4 is 10.6 Å². The van der Waals surface area contributed by atoms with Crippen molar-refractivity contribution in [2.75, 3.05) is 18.0 Å². The van der Waals surface area contributed by atoms with Gasteiger partial charge in [0.1, 0.15) is 0 Å². The van der Waals surface area contributed by atoms with E-state index in [4.69, 9.17) is 5.73 Å². The van der Waals surface area contributed by atoms with Gasteiger partial charge < -0.3 is 10.6 Å². The second-order valence-corrected chi connectivity index (χ2v) is 6.56. The van der Waals surface area contributed by atoms with Crippen molar-refractivity contribution in [2.45, 2.75) is 32.1 Å². The molecule has 0 saturated heterocycles. The number of anilines is 1. The van der Waals surface area contributed by atoms with E-state index in [1.807, 2.05) is 17.2 Å². The van der Waals surface area contributed by atoms with Gasteiger partial charge in [0, 0.05) is 16.3 Å². The van der Waals surface area contributed by atoms with Gasteiger partial charge in [-0.15, -0.1) is 0 Å². The van der Waals surface area contributed by atoms with Gasteiger partial charge in [-0.25, -0.2) is 0 Å². The van der Waals surface area contributed by atoms with E-state index in [-0.39, 0.29) is 0 Å². The predicted octanol–water partition coefficient (Wildman–Crippen LogP) is 4.24. The Morgan fingerprint density at radius 1 is 1.30 bits per heavy atom. The summed E-state index contributed by atoms with van der Waals surface area (Å²) in [5.74, 6) is 0. The van der Waals surface area contributed by atoms with Crippen molar-refractivity contribution >= 4 is 30.1 Å². The van der Waals surface area contributed by atoms with Crippen LogP contribution in [0, 0.1) is 13.8 Å². The zero-order valence-corrected chi connectivity index (χ0v) is 14.0. The Hall–Kier alpha value is -0.840. The third-order valence-electron chi connectivity index (χ3n) is 3.67. The summed E-state index contributed by atoms with van der Waals surface area (Å²) in [6, 6.07) is 4.43. The molecule has 0 aliphatic carbocycles. The zero-order valence-electron chi connectivity index (χ0n) is 12.3. The Bertz CT molecular complexity index is 562. The van der Waals surface area contributed by atoms with Gasteiger partial charge in [-0.1, -0.05) is 17.8 Å². The molecule has 2 rings (SSSR count). The van der Waals surface area contributed by atoms with Crippen LogP contribution >= 0.6 is 24.4 Å². The molecule has 2 N–H and O–H groups in total. The minimum absolute atomic E-state index is 0.709. The highest BCUT2D eigenvalue weighted by Gasteiger charge is 2.24. The molecule has 0 unspecified atom stereocenters. The minimum atomic E-state index is 0.709. The lowest BCUT2D eigenvalue weighted by Crippen LogP contribution is -2.28. The molecule has 20 heavy (non-hydrogen) atoms. The Morgan fingerprint density at radius 3 is 2.70 bits per heavy atom. The van der Waals surface area contributed by atoms with Crippen LogP contribution in [0.3, 0.4) is 0 Å². The van der Waals surface area contributed by atoms with Crippen molar-refractivity contribution < 1.29 is 0 Å². The van der Waals surface area contributed by atoms with Crippen LogP contribution in [0.1, 0.15) is 24.5 Å². The van der Waals surface area contributed by atoms with Gasteiger partial charge in [-0.3, -0.25) is 0 Å². The summed E-state index contributed by atoms with van der Waals surface area (Å²) in [5, 5.41) is 1.81. The highest BCUT2D eigenvalue weighted by atomic mass is 32.2. The third kappa shape index (κ3) is 2.92. The molecule has 0 amide bonds. The Balaban J connectivity index is 2.54. The molecule has 0 bridgehead atoms. The molecule has 0 radical (unpaired) electrons. The van der Waals surface area contributed by atoms with Crippen LogP contribution in [0.15, 0.2) is 39.1 Å². The third-order valence-corrected chi connectivity index (χ3v) is 4.88. The molecule has 0 fully saturated rings. The summed E-state index contributed by atoms with van der Waals surface area (Å²) in [6.45, 7) is 8.19. The van der Waals surface area contributed by atoms with Crippen molar-refractivity contribution in [3.63, 3.8) is 0 Å². The van der Waals surface area contributed by atoms with Gasteiger partial charge in [-0.2, -0.15) is 12.6 Å². The first-order chi connectivity index (χ1) is 9.60. The minimum Gasteiger partial charge on any atom is -0.340 e. The second kappa shape index (κ2) is 6.74. The molecule has 4 heteroatoms. The van der Waals surface area contributed by atoms with Crippen molar-refractivity contribution in [3.8, 4) is 0 Å². The van der Waals surface area contributed by atoms with Gasteiger partial charge >= 0.3 is 0 Å². The summed E-state index contributed by atoms with van der Waals surface area (Å²) in [5.41, 5.74) is 11.0. The highest BCUT2D eigenvalue weighted by Crippen LogP contribution is 2.45. The summed E-state index contributed by atoms with van der Waals surface area (Å²) in [4.78, 5) is 5.03. The first kappa shape index (κ1) is 15.5. The Kier molecular flexibility index (Phi) is 5.24. The Morgan fingerprint density at radius 2 is 2.05 bits per heavy atom. The van der Waals surface area contributed by atoms with E-state index in [2.05, 4.69) is 56.5 Å². The molecule has 1 aromatic rings. The topological polar surface area (TPSA) is 29.3 Å². The number of benzene rings is 1. The number of allylic oxidation sites excluding steroid dienone is 2. The number of hydrogen-bond donors (Lipinski definition) is 2. The molecule has 1 aliphatic rings. The van der Waals surface area contributed by atoms with E-state index in [1.54, 1.807) is 0 Å². The molecule has 1 aliphatic heterocycles. The van der Waals surface area contributed by atoms with Crippen molar-refractivity contribution in [1.29, 1.82) is 0 Å². The maximum atomic E-state index is 5.71. The molecule has 0 spiro atoms. The standard InChI is InChI=1S/C16H22N2S2/c1-11-5-6-15-16(12(11)2)18(9-4-8-17)14(7-10-19)13(3)20-15/h5-7,10,19H,4,8-9,17H2,1-3H3/b10-7-. The van der Waals surface area contributed by atoms with E-state index in [1.165, 1.54) is 32.3 Å². The first-order valence-electron chi connectivity index (χ1n) is 6.87. The van der Waals surface area contributed by atoms with Gasteiger partial charge in [-0.05, 0) is 62.4 Å². The van der Waals surface area contributed by atoms with Gasteiger partial charge in [0.15, 0.2) is 0 Å². The van der Waals surface area contributed by atoms with Crippen LogP contribution in [0.4, 0.5) is 5.69 Å². The fourth-order valence-electron chi connectivity index (χ4n) is 2.48. The Labute approximate surface area is 131 Å². The lowest BCUT2D eigenvalue weighted by Gasteiger charge is -2.35. The van der Waals surface area contributed by atoms with Crippen molar-refractivity contribution in [3.05, 3.63) is 45.3 Å². The molecule has 2 nitrogen and oxygen atoms in total. The molecule has 108 valence electrons. The summed E-state index contributed by atoms with van der Waals surface area (Å²) < 4.78 is 0. The normalized spacial score (nSPS) is 15.2. The van der Waals surface area contributed by atoms with E-state index in [9.17, 15) is 0 Å². The molecule has 0 saturated carbocycles. The molecular weight excluding hydrogens is 284 g/mol. The molecule has 0 atom stereocenters. The fourth-order valence-corrected chi connectivity index (χ4v) is 3.73. The zero-order chi connectivity index (χ0) is 14.7. The quantitative estimate of drug-likeness (QED) is 0.815.